The predicted molar refractivity (Wildman–Crippen MR) is 40.8 cm³/mol. The normalized spacial score (nSPS) is 13.3. The molecule has 0 aliphatic carbocycles. The molecule has 2 atom stereocenters. The van der Waals surface area contributed by atoms with Crippen LogP contribution in [0.5, 0.6) is 0 Å². The lowest BCUT2D eigenvalue weighted by molar-refractivity contribution is -0.122. The minimum atomic E-state index is -1.30. The van der Waals surface area contributed by atoms with Crippen LogP contribution in [0.25, 0.3) is 0 Å². The number of hydrogen-bond donors (Lipinski definition) is 1. The summed E-state index contributed by atoms with van der Waals surface area (Å²) in [4.78, 5) is 10.6. The van der Waals surface area contributed by atoms with Gasteiger partial charge in [-0.25, -0.2) is 4.21 Å². The van der Waals surface area contributed by atoms with E-state index in [1.165, 1.54) is 0 Å². The third-order valence-electron chi connectivity index (χ3n) is 0.726. The molecule has 1 N–H and O–H groups in total. The smallest absolute Gasteiger partial charge is 0.234 e. The fourth-order valence-electron chi connectivity index (χ4n) is 0.217. The van der Waals surface area contributed by atoms with Crippen molar-refractivity contribution in [2.24, 2.45) is 5.92 Å². The minimum Gasteiger partial charge on any atom is -0.274 e. The van der Waals surface area contributed by atoms with Crippen molar-refractivity contribution in [3.05, 3.63) is 0 Å². The Morgan fingerprint density at radius 3 is 2.22 bits per heavy atom. The van der Waals surface area contributed by atoms with Gasteiger partial charge in [0.2, 0.25) is 5.91 Å². The summed E-state index contributed by atoms with van der Waals surface area (Å²) in [6.07, 6.45) is 0. The molecule has 2 unspecified atom stereocenters. The SMILES string of the molecule is CC(C)C(=O)NS(=O)P. The van der Waals surface area contributed by atoms with Crippen molar-refractivity contribution >= 4 is 25.0 Å². The number of hydrogen-bond acceptors (Lipinski definition) is 2. The number of rotatable bonds is 2. The van der Waals surface area contributed by atoms with E-state index in [0.29, 0.717) is 0 Å². The van der Waals surface area contributed by atoms with Gasteiger partial charge >= 0.3 is 0 Å². The number of amides is 1. The summed E-state index contributed by atoms with van der Waals surface area (Å²) in [6, 6.07) is 0. The number of nitrogens with one attached hydrogen (secondary N) is 1. The standard InChI is InChI=1S/C4H10NO2PS/c1-3(2)4(6)5-9(7)8/h3H,8H2,1-2H3,(H,5,6). The van der Waals surface area contributed by atoms with E-state index < -0.39 is 10.6 Å². The third kappa shape index (κ3) is 4.55. The lowest BCUT2D eigenvalue weighted by Gasteiger charge is -2.01. The van der Waals surface area contributed by atoms with Crippen molar-refractivity contribution in [1.29, 1.82) is 0 Å². The van der Waals surface area contributed by atoms with Crippen molar-refractivity contribution in [1.82, 2.24) is 4.72 Å². The maximum absolute atomic E-state index is 10.6. The summed E-state index contributed by atoms with van der Waals surface area (Å²) >= 11 is 0. The molecule has 0 rings (SSSR count). The quantitative estimate of drug-likeness (QED) is 0.598. The largest absolute Gasteiger partial charge is 0.274 e. The van der Waals surface area contributed by atoms with Crippen molar-refractivity contribution in [2.75, 3.05) is 0 Å². The lowest BCUT2D eigenvalue weighted by Crippen LogP contribution is -2.26. The van der Waals surface area contributed by atoms with Crippen molar-refractivity contribution < 1.29 is 9.00 Å². The number of carbonyl (C=O) groups excluding carboxylic acids is 1. The molecule has 54 valence electrons. The van der Waals surface area contributed by atoms with Gasteiger partial charge in [0.1, 0.15) is 10.6 Å². The molecule has 0 radical (unpaired) electrons. The van der Waals surface area contributed by atoms with Gasteiger partial charge in [0.15, 0.2) is 0 Å². The molecule has 1 amide bonds. The topological polar surface area (TPSA) is 46.2 Å². The molecule has 0 heterocycles. The summed E-state index contributed by atoms with van der Waals surface area (Å²) < 4.78 is 12.5. The highest BCUT2D eigenvalue weighted by molar-refractivity contribution is 8.32. The zero-order valence-electron chi connectivity index (χ0n) is 5.38. The van der Waals surface area contributed by atoms with Gasteiger partial charge in [0.05, 0.1) is 0 Å². The van der Waals surface area contributed by atoms with Gasteiger partial charge in [-0.05, 0) is 8.44 Å². The van der Waals surface area contributed by atoms with E-state index in [-0.39, 0.29) is 11.8 Å². The van der Waals surface area contributed by atoms with Crippen LogP contribution in [0.3, 0.4) is 0 Å². The predicted octanol–water partition coefficient (Wildman–Crippen LogP) is 0.212. The van der Waals surface area contributed by atoms with E-state index in [0.717, 1.165) is 0 Å². The highest BCUT2D eigenvalue weighted by Gasteiger charge is 2.06. The van der Waals surface area contributed by atoms with Gasteiger partial charge in [0, 0.05) is 5.92 Å². The van der Waals surface area contributed by atoms with Gasteiger partial charge < -0.3 is 0 Å². The first kappa shape index (κ1) is 9.05. The molecule has 0 aliphatic rings. The Morgan fingerprint density at radius 1 is 1.67 bits per heavy atom. The van der Waals surface area contributed by atoms with Crippen LogP contribution in [0.2, 0.25) is 0 Å². The van der Waals surface area contributed by atoms with Crippen LogP contribution in [-0.2, 0) is 15.4 Å². The fourth-order valence-corrected chi connectivity index (χ4v) is 0.999. The summed E-state index contributed by atoms with van der Waals surface area (Å²) in [6.45, 7) is 3.49. The zero-order valence-corrected chi connectivity index (χ0v) is 7.35. The first-order valence-electron chi connectivity index (χ1n) is 2.50. The molecular weight excluding hydrogens is 157 g/mol. The van der Waals surface area contributed by atoms with Crippen LogP contribution in [0.4, 0.5) is 0 Å². The average molecular weight is 167 g/mol. The second-order valence-corrected chi connectivity index (χ2v) is 4.00. The third-order valence-corrected chi connectivity index (χ3v) is 1.48. The Morgan fingerprint density at radius 2 is 2.11 bits per heavy atom. The van der Waals surface area contributed by atoms with Crippen molar-refractivity contribution in [3.63, 3.8) is 0 Å². The summed E-state index contributed by atoms with van der Waals surface area (Å²) in [7, 11) is 0.688. The molecule has 5 heteroatoms. The second kappa shape index (κ2) is 3.96. The fraction of sp³-hybridized carbons (Fsp3) is 0.750. The van der Waals surface area contributed by atoms with E-state index in [1.807, 2.05) is 8.44 Å². The average Bonchev–Trinajstić information content (AvgIpc) is 1.63. The van der Waals surface area contributed by atoms with Crippen LogP contribution in [0, 0.1) is 5.92 Å². The van der Waals surface area contributed by atoms with E-state index in [4.69, 9.17) is 0 Å². The molecule has 0 aromatic rings. The lowest BCUT2D eigenvalue weighted by atomic mass is 10.2. The van der Waals surface area contributed by atoms with E-state index in [9.17, 15) is 9.00 Å². The van der Waals surface area contributed by atoms with E-state index >= 15 is 0 Å². The molecule has 3 nitrogen and oxygen atoms in total. The Labute approximate surface area is 59.1 Å². The molecule has 0 aromatic carbocycles. The maximum Gasteiger partial charge on any atom is 0.234 e. The Hall–Kier alpha value is 0.0500. The molecular formula is C4H10NO2PS. The van der Waals surface area contributed by atoms with E-state index in [2.05, 4.69) is 4.72 Å². The molecule has 0 saturated heterocycles. The monoisotopic (exact) mass is 167 g/mol. The van der Waals surface area contributed by atoms with Crippen LogP contribution in [0.1, 0.15) is 13.8 Å². The minimum absolute atomic E-state index is 0.102. The van der Waals surface area contributed by atoms with Gasteiger partial charge in [-0.15, -0.1) is 0 Å². The van der Waals surface area contributed by atoms with Crippen LogP contribution >= 0.6 is 8.44 Å². The van der Waals surface area contributed by atoms with Gasteiger partial charge in [-0.1, -0.05) is 13.8 Å². The molecule has 9 heavy (non-hydrogen) atoms. The molecule has 0 fully saturated rings. The van der Waals surface area contributed by atoms with Crippen molar-refractivity contribution in [2.45, 2.75) is 13.8 Å². The van der Waals surface area contributed by atoms with Crippen LogP contribution in [-0.4, -0.2) is 10.1 Å². The summed E-state index contributed by atoms with van der Waals surface area (Å²) in [5.74, 6) is -0.294. The molecule has 0 spiro atoms. The van der Waals surface area contributed by atoms with Crippen LogP contribution < -0.4 is 4.72 Å². The second-order valence-electron chi connectivity index (χ2n) is 1.92. The zero-order chi connectivity index (χ0) is 7.44. The highest BCUT2D eigenvalue weighted by Crippen LogP contribution is 1.94. The molecule has 0 aromatic heterocycles. The van der Waals surface area contributed by atoms with Crippen molar-refractivity contribution in [3.8, 4) is 0 Å². The highest BCUT2D eigenvalue weighted by atomic mass is 32.7. The summed E-state index contributed by atoms with van der Waals surface area (Å²) in [5.41, 5.74) is 0. The molecule has 0 bridgehead atoms. The molecule has 0 saturated carbocycles. The Balaban J connectivity index is 3.64. The Kier molecular flexibility index (Phi) is 3.98. The molecule has 0 aliphatic heterocycles. The van der Waals surface area contributed by atoms with Crippen LogP contribution in [0.15, 0.2) is 0 Å². The van der Waals surface area contributed by atoms with E-state index in [1.54, 1.807) is 13.8 Å². The number of carbonyl (C=O) groups is 1. The first-order chi connectivity index (χ1) is 4.04. The summed E-state index contributed by atoms with van der Waals surface area (Å²) in [5, 5.41) is 0. The van der Waals surface area contributed by atoms with Gasteiger partial charge in [0.25, 0.3) is 0 Å². The van der Waals surface area contributed by atoms with Gasteiger partial charge in [-0.3, -0.25) is 9.52 Å². The van der Waals surface area contributed by atoms with Gasteiger partial charge in [-0.2, -0.15) is 0 Å². The Bertz CT molecular complexity index is 137. The maximum atomic E-state index is 10.6. The first-order valence-corrected chi connectivity index (χ1v) is 5.13.